The molecule has 1 amide bonds. The molecule has 0 aliphatic heterocycles. The molecule has 0 spiro atoms. The second-order valence-corrected chi connectivity index (χ2v) is 4.63. The molecular weight excluding hydrogens is 282 g/mol. The second-order valence-electron chi connectivity index (χ2n) is 3.72. The maximum atomic E-state index is 10.6. The zero-order valence-corrected chi connectivity index (χ0v) is 10.7. The highest BCUT2D eigenvalue weighted by Gasteiger charge is 1.99. The number of amides is 1. The first-order valence-corrected chi connectivity index (χ1v) is 6.05. The molecule has 0 fully saturated rings. The van der Waals surface area contributed by atoms with Gasteiger partial charge in [0.15, 0.2) is 0 Å². The summed E-state index contributed by atoms with van der Waals surface area (Å²) in [5, 5.41) is 2.24. The number of rotatable bonds is 4. The summed E-state index contributed by atoms with van der Waals surface area (Å²) < 4.78 is 6.49. The summed E-state index contributed by atoms with van der Waals surface area (Å²) in [7, 11) is 0. The molecule has 3 nitrogen and oxygen atoms in total. The second kappa shape index (κ2) is 5.19. The number of nitrogens with two attached hydrogens (primary N) is 1. The number of primary amides is 1. The van der Waals surface area contributed by atoms with Gasteiger partial charge in [-0.1, -0.05) is 28.1 Å². The van der Waals surface area contributed by atoms with E-state index >= 15 is 0 Å². The summed E-state index contributed by atoms with van der Waals surface area (Å²) in [5.74, 6) is 0.399. The van der Waals surface area contributed by atoms with Gasteiger partial charge >= 0.3 is 0 Å². The molecule has 88 valence electrons. The summed E-state index contributed by atoms with van der Waals surface area (Å²) in [6.07, 6.45) is 0.234. The van der Waals surface area contributed by atoms with E-state index in [0.717, 1.165) is 21.0 Å². The predicted octanol–water partition coefficient (Wildman–Crippen LogP) is 2.86. The molecule has 0 unspecified atom stereocenters. The molecule has 2 N–H and O–H groups in total. The van der Waals surface area contributed by atoms with Gasteiger partial charge in [-0.2, -0.15) is 0 Å². The Labute approximate surface area is 108 Å². The van der Waals surface area contributed by atoms with Crippen LogP contribution in [0.15, 0.2) is 40.9 Å². The number of carbonyl (C=O) groups is 1. The van der Waals surface area contributed by atoms with Crippen LogP contribution < -0.4 is 10.5 Å². The van der Waals surface area contributed by atoms with Crippen LogP contribution >= 0.6 is 15.9 Å². The highest BCUT2D eigenvalue weighted by molar-refractivity contribution is 9.10. The average Bonchev–Trinajstić information content (AvgIpc) is 2.29. The van der Waals surface area contributed by atoms with Crippen LogP contribution in [0.3, 0.4) is 0 Å². The minimum Gasteiger partial charge on any atom is -0.493 e. The Morgan fingerprint density at radius 2 is 1.88 bits per heavy atom. The van der Waals surface area contributed by atoms with Gasteiger partial charge in [-0.15, -0.1) is 0 Å². The Balaban J connectivity index is 2.14. The zero-order chi connectivity index (χ0) is 12.3. The molecule has 2 aromatic carbocycles. The number of hydrogen-bond acceptors (Lipinski definition) is 2. The standard InChI is InChI=1S/C13H12BrNO2/c14-11-3-1-10-8-12(4-2-9(10)7-11)17-6-5-13(15)16/h1-4,7-8H,5-6H2,(H2,15,16). The van der Waals surface area contributed by atoms with Crippen LogP contribution in [0.4, 0.5) is 0 Å². The summed E-state index contributed by atoms with van der Waals surface area (Å²) in [4.78, 5) is 10.6. The Morgan fingerprint density at radius 3 is 2.65 bits per heavy atom. The smallest absolute Gasteiger partial charge is 0.220 e. The molecule has 0 heterocycles. The minimum atomic E-state index is -0.352. The van der Waals surface area contributed by atoms with Crippen molar-refractivity contribution in [3.8, 4) is 5.75 Å². The van der Waals surface area contributed by atoms with Gasteiger partial charge in [0.2, 0.25) is 5.91 Å². The molecule has 0 radical (unpaired) electrons. The Morgan fingerprint density at radius 1 is 1.18 bits per heavy atom. The average molecular weight is 294 g/mol. The summed E-state index contributed by atoms with van der Waals surface area (Å²) in [5.41, 5.74) is 5.04. The van der Waals surface area contributed by atoms with Crippen molar-refractivity contribution in [3.63, 3.8) is 0 Å². The molecule has 4 heteroatoms. The minimum absolute atomic E-state index is 0.234. The van der Waals surface area contributed by atoms with Crippen LogP contribution in [0.5, 0.6) is 5.75 Å². The van der Waals surface area contributed by atoms with Gasteiger partial charge in [0.05, 0.1) is 13.0 Å². The van der Waals surface area contributed by atoms with Crippen molar-refractivity contribution in [2.24, 2.45) is 5.73 Å². The molecule has 0 saturated carbocycles. The third-order valence-electron chi connectivity index (χ3n) is 2.39. The van der Waals surface area contributed by atoms with Crippen LogP contribution in [0.1, 0.15) is 6.42 Å². The van der Waals surface area contributed by atoms with E-state index in [1.54, 1.807) is 0 Å². The predicted molar refractivity (Wildman–Crippen MR) is 71.0 cm³/mol. The van der Waals surface area contributed by atoms with E-state index in [1.807, 2.05) is 36.4 Å². The van der Waals surface area contributed by atoms with E-state index in [4.69, 9.17) is 10.5 Å². The fraction of sp³-hybridized carbons (Fsp3) is 0.154. The van der Waals surface area contributed by atoms with Crippen molar-refractivity contribution in [1.29, 1.82) is 0 Å². The van der Waals surface area contributed by atoms with E-state index < -0.39 is 0 Å². The number of carbonyl (C=O) groups excluding carboxylic acids is 1. The zero-order valence-electron chi connectivity index (χ0n) is 9.15. The lowest BCUT2D eigenvalue weighted by Crippen LogP contribution is -2.14. The molecule has 0 aromatic heterocycles. The quantitative estimate of drug-likeness (QED) is 0.942. The van der Waals surface area contributed by atoms with Crippen molar-refractivity contribution in [3.05, 3.63) is 40.9 Å². The first-order chi connectivity index (χ1) is 8.15. The molecule has 0 bridgehead atoms. The summed E-state index contributed by atoms with van der Waals surface area (Å²) in [6.45, 7) is 0.317. The van der Waals surface area contributed by atoms with Crippen molar-refractivity contribution in [2.75, 3.05) is 6.61 Å². The van der Waals surface area contributed by atoms with E-state index in [1.165, 1.54) is 0 Å². The molecule has 0 saturated heterocycles. The first kappa shape index (κ1) is 11.9. The SMILES string of the molecule is NC(=O)CCOc1ccc2cc(Br)ccc2c1. The van der Waals surface area contributed by atoms with Crippen LogP contribution in [-0.2, 0) is 4.79 Å². The Bertz CT molecular complexity index is 554. The van der Waals surface area contributed by atoms with E-state index in [9.17, 15) is 4.79 Å². The van der Waals surface area contributed by atoms with Gasteiger partial charge in [0.25, 0.3) is 0 Å². The van der Waals surface area contributed by atoms with E-state index in [2.05, 4.69) is 15.9 Å². The number of fused-ring (bicyclic) bond motifs is 1. The molecule has 2 aromatic rings. The maximum absolute atomic E-state index is 10.6. The van der Waals surface area contributed by atoms with Gasteiger partial charge < -0.3 is 10.5 Å². The summed E-state index contributed by atoms with van der Waals surface area (Å²) >= 11 is 3.43. The number of halogens is 1. The van der Waals surface area contributed by atoms with Crippen LogP contribution in [0.2, 0.25) is 0 Å². The lowest BCUT2D eigenvalue weighted by atomic mass is 10.1. The van der Waals surface area contributed by atoms with E-state index in [0.29, 0.717) is 6.61 Å². The Hall–Kier alpha value is -1.55. The number of ether oxygens (including phenoxy) is 1. The van der Waals surface area contributed by atoms with Crippen LogP contribution in [-0.4, -0.2) is 12.5 Å². The Kier molecular flexibility index (Phi) is 3.64. The van der Waals surface area contributed by atoms with Crippen molar-refractivity contribution in [2.45, 2.75) is 6.42 Å². The van der Waals surface area contributed by atoms with Crippen molar-refractivity contribution in [1.82, 2.24) is 0 Å². The number of benzene rings is 2. The number of hydrogen-bond donors (Lipinski definition) is 1. The molecular formula is C13H12BrNO2. The highest BCUT2D eigenvalue weighted by atomic mass is 79.9. The fourth-order valence-corrected chi connectivity index (χ4v) is 1.93. The largest absolute Gasteiger partial charge is 0.493 e. The molecule has 0 aliphatic rings. The lowest BCUT2D eigenvalue weighted by Gasteiger charge is -2.06. The van der Waals surface area contributed by atoms with Crippen LogP contribution in [0.25, 0.3) is 10.8 Å². The molecule has 0 atom stereocenters. The van der Waals surface area contributed by atoms with Gasteiger partial charge in [-0.3, -0.25) is 4.79 Å². The monoisotopic (exact) mass is 293 g/mol. The molecule has 0 aliphatic carbocycles. The normalized spacial score (nSPS) is 10.4. The van der Waals surface area contributed by atoms with Gasteiger partial charge in [-0.05, 0) is 35.0 Å². The van der Waals surface area contributed by atoms with Gasteiger partial charge in [-0.25, -0.2) is 0 Å². The van der Waals surface area contributed by atoms with Crippen molar-refractivity contribution >= 4 is 32.6 Å². The fourth-order valence-electron chi connectivity index (χ4n) is 1.55. The maximum Gasteiger partial charge on any atom is 0.220 e. The topological polar surface area (TPSA) is 52.3 Å². The van der Waals surface area contributed by atoms with E-state index in [-0.39, 0.29) is 12.3 Å². The third kappa shape index (κ3) is 3.20. The highest BCUT2D eigenvalue weighted by Crippen LogP contribution is 2.24. The van der Waals surface area contributed by atoms with Crippen LogP contribution in [0, 0.1) is 0 Å². The molecule has 17 heavy (non-hydrogen) atoms. The van der Waals surface area contributed by atoms with Gasteiger partial charge in [0.1, 0.15) is 5.75 Å². The lowest BCUT2D eigenvalue weighted by molar-refractivity contribution is -0.118. The first-order valence-electron chi connectivity index (χ1n) is 5.25. The summed E-state index contributed by atoms with van der Waals surface area (Å²) in [6, 6.07) is 11.9. The van der Waals surface area contributed by atoms with Gasteiger partial charge in [0, 0.05) is 4.47 Å². The third-order valence-corrected chi connectivity index (χ3v) is 2.88. The van der Waals surface area contributed by atoms with Crippen molar-refractivity contribution < 1.29 is 9.53 Å². The molecule has 2 rings (SSSR count).